The Labute approximate surface area is 162 Å². The fourth-order valence-corrected chi connectivity index (χ4v) is 3.22. The third-order valence-corrected chi connectivity index (χ3v) is 4.52. The monoisotopic (exact) mass is 383 g/mol. The molecule has 138 valence electrons. The predicted octanol–water partition coefficient (Wildman–Crippen LogP) is 4.30. The molecule has 0 aliphatic carbocycles. The van der Waals surface area contributed by atoms with E-state index in [9.17, 15) is 4.79 Å². The van der Waals surface area contributed by atoms with E-state index in [-0.39, 0.29) is 12.5 Å². The molecule has 1 aliphatic heterocycles. The molecule has 1 amide bonds. The van der Waals surface area contributed by atoms with E-state index >= 15 is 0 Å². The summed E-state index contributed by atoms with van der Waals surface area (Å²) < 4.78 is 17.0. The average Bonchev–Trinajstić information content (AvgIpc) is 3.20. The van der Waals surface area contributed by atoms with Gasteiger partial charge in [0.2, 0.25) is 6.10 Å². The Balaban J connectivity index is 1.55. The zero-order chi connectivity index (χ0) is 18.6. The molecule has 0 bridgehead atoms. The normalized spacial score (nSPS) is 15.4. The number of carbonyl (C=O) groups excluding carboxylic acids is 1. The number of para-hydroxylation sites is 2. The van der Waals surface area contributed by atoms with E-state index in [1.807, 2.05) is 42.5 Å². The fraction of sp³-hybridized carbons (Fsp3) is 0.190. The molecule has 0 saturated carbocycles. The lowest BCUT2D eigenvalue weighted by Gasteiger charge is -2.30. The third kappa shape index (κ3) is 4.09. The Morgan fingerprint density at radius 3 is 2.67 bits per heavy atom. The van der Waals surface area contributed by atoms with Gasteiger partial charge in [-0.1, -0.05) is 35.9 Å². The van der Waals surface area contributed by atoms with Gasteiger partial charge in [0.15, 0.2) is 11.5 Å². The Morgan fingerprint density at radius 2 is 1.89 bits per heavy atom. The number of nitrogens with zero attached hydrogens (tertiary/aromatic N) is 1. The first-order chi connectivity index (χ1) is 13.2. The Morgan fingerprint density at radius 1 is 1.04 bits per heavy atom. The molecular formula is C21H18ClNO4. The maximum Gasteiger partial charge on any atom is 0.267 e. The Kier molecular flexibility index (Phi) is 5.03. The summed E-state index contributed by atoms with van der Waals surface area (Å²) in [7, 11) is 0. The van der Waals surface area contributed by atoms with Crippen LogP contribution in [0.4, 0.5) is 0 Å². The summed E-state index contributed by atoms with van der Waals surface area (Å²) in [6.07, 6.45) is 0.877. The summed E-state index contributed by atoms with van der Waals surface area (Å²) >= 11 is 6.09. The molecule has 1 atom stereocenters. The number of amides is 1. The molecule has 1 aromatic heterocycles. The van der Waals surface area contributed by atoms with Crippen molar-refractivity contribution in [1.82, 2.24) is 4.90 Å². The van der Waals surface area contributed by atoms with Gasteiger partial charge >= 0.3 is 0 Å². The van der Waals surface area contributed by atoms with E-state index in [0.717, 1.165) is 5.56 Å². The van der Waals surface area contributed by atoms with Gasteiger partial charge in [-0.05, 0) is 42.0 Å². The summed E-state index contributed by atoms with van der Waals surface area (Å²) in [6, 6.07) is 18.4. The van der Waals surface area contributed by atoms with E-state index in [0.29, 0.717) is 35.4 Å². The van der Waals surface area contributed by atoms with Crippen molar-refractivity contribution in [2.75, 3.05) is 6.61 Å². The number of carbonyl (C=O) groups is 1. The van der Waals surface area contributed by atoms with Crippen LogP contribution >= 0.6 is 11.6 Å². The van der Waals surface area contributed by atoms with Crippen LogP contribution in [0.5, 0.6) is 11.5 Å². The number of benzene rings is 2. The molecule has 0 radical (unpaired) electrons. The lowest BCUT2D eigenvalue weighted by Crippen LogP contribution is -2.45. The highest BCUT2D eigenvalue weighted by Gasteiger charge is 2.31. The predicted molar refractivity (Wildman–Crippen MR) is 101 cm³/mol. The molecular weight excluding hydrogens is 366 g/mol. The summed E-state index contributed by atoms with van der Waals surface area (Å²) in [4.78, 5) is 14.9. The molecule has 2 heterocycles. The number of ether oxygens (including phenoxy) is 2. The van der Waals surface area contributed by atoms with E-state index in [2.05, 4.69) is 0 Å². The smallest absolute Gasteiger partial charge is 0.267 e. The van der Waals surface area contributed by atoms with E-state index in [4.69, 9.17) is 25.5 Å². The summed E-state index contributed by atoms with van der Waals surface area (Å²) in [5.74, 6) is 1.75. The van der Waals surface area contributed by atoms with Gasteiger partial charge in [0.25, 0.3) is 5.91 Å². The molecule has 0 spiro atoms. The van der Waals surface area contributed by atoms with Crippen molar-refractivity contribution in [3.63, 3.8) is 0 Å². The van der Waals surface area contributed by atoms with Gasteiger partial charge in [-0.25, -0.2) is 0 Å². The van der Waals surface area contributed by atoms with Crippen LogP contribution in [-0.2, 0) is 17.9 Å². The zero-order valence-electron chi connectivity index (χ0n) is 14.5. The second kappa shape index (κ2) is 7.76. The SMILES string of the molecule is O=C([C@@H]1COc2ccccc2O1)N(Cc1cccc(Cl)c1)Cc1ccco1. The van der Waals surface area contributed by atoms with Crippen LogP contribution in [-0.4, -0.2) is 23.5 Å². The molecule has 6 heteroatoms. The standard InChI is InChI=1S/C21H18ClNO4/c22-16-6-3-5-15(11-16)12-23(13-17-7-4-10-25-17)21(24)20-14-26-18-8-1-2-9-19(18)27-20/h1-11,20H,12-14H2/t20-/m0/s1. The quantitative estimate of drug-likeness (QED) is 0.659. The van der Waals surface area contributed by atoms with Crippen LogP contribution < -0.4 is 9.47 Å². The highest BCUT2D eigenvalue weighted by molar-refractivity contribution is 6.30. The molecule has 0 N–H and O–H groups in total. The first kappa shape index (κ1) is 17.5. The number of halogens is 1. The molecule has 1 aliphatic rings. The van der Waals surface area contributed by atoms with Crippen molar-refractivity contribution in [2.24, 2.45) is 0 Å². The lowest BCUT2D eigenvalue weighted by atomic mass is 10.2. The van der Waals surface area contributed by atoms with Crippen LogP contribution in [0.1, 0.15) is 11.3 Å². The van der Waals surface area contributed by atoms with Crippen molar-refractivity contribution in [2.45, 2.75) is 19.2 Å². The molecule has 3 aromatic rings. The van der Waals surface area contributed by atoms with Gasteiger partial charge in [0.1, 0.15) is 12.4 Å². The molecule has 2 aromatic carbocycles. The van der Waals surface area contributed by atoms with Crippen LogP contribution in [0.15, 0.2) is 71.3 Å². The number of fused-ring (bicyclic) bond motifs is 1. The van der Waals surface area contributed by atoms with Crippen molar-refractivity contribution >= 4 is 17.5 Å². The first-order valence-corrected chi connectivity index (χ1v) is 9.01. The minimum atomic E-state index is -0.714. The molecule has 27 heavy (non-hydrogen) atoms. The van der Waals surface area contributed by atoms with Gasteiger partial charge in [-0.15, -0.1) is 0 Å². The van der Waals surface area contributed by atoms with Gasteiger partial charge in [-0.3, -0.25) is 4.79 Å². The highest BCUT2D eigenvalue weighted by atomic mass is 35.5. The minimum absolute atomic E-state index is 0.166. The second-order valence-electron chi connectivity index (χ2n) is 6.27. The summed E-state index contributed by atoms with van der Waals surface area (Å²) in [6.45, 7) is 0.890. The number of rotatable bonds is 5. The van der Waals surface area contributed by atoms with E-state index in [1.54, 1.807) is 29.4 Å². The maximum absolute atomic E-state index is 13.2. The third-order valence-electron chi connectivity index (χ3n) is 4.28. The van der Waals surface area contributed by atoms with Crippen molar-refractivity contribution < 1.29 is 18.7 Å². The van der Waals surface area contributed by atoms with Crippen LogP contribution in [0, 0.1) is 0 Å². The van der Waals surface area contributed by atoms with Crippen LogP contribution in [0.2, 0.25) is 5.02 Å². The maximum atomic E-state index is 13.2. The summed E-state index contributed by atoms with van der Waals surface area (Å²) in [5, 5.41) is 0.629. The second-order valence-corrected chi connectivity index (χ2v) is 6.70. The van der Waals surface area contributed by atoms with Gasteiger partial charge in [0, 0.05) is 11.6 Å². The Bertz CT molecular complexity index is 925. The first-order valence-electron chi connectivity index (χ1n) is 8.63. The average molecular weight is 384 g/mol. The van der Waals surface area contributed by atoms with Gasteiger partial charge in [0.05, 0.1) is 12.8 Å². The lowest BCUT2D eigenvalue weighted by molar-refractivity contribution is -0.142. The van der Waals surface area contributed by atoms with Crippen molar-refractivity contribution in [1.29, 1.82) is 0 Å². The zero-order valence-corrected chi connectivity index (χ0v) is 15.3. The minimum Gasteiger partial charge on any atom is -0.485 e. The van der Waals surface area contributed by atoms with E-state index < -0.39 is 6.10 Å². The van der Waals surface area contributed by atoms with E-state index in [1.165, 1.54) is 0 Å². The Hall–Kier alpha value is -2.92. The molecule has 5 nitrogen and oxygen atoms in total. The molecule has 0 saturated heterocycles. The van der Waals surface area contributed by atoms with Crippen molar-refractivity contribution in [3.05, 3.63) is 83.3 Å². The summed E-state index contributed by atoms with van der Waals surface area (Å²) in [5.41, 5.74) is 0.930. The number of furan rings is 1. The largest absolute Gasteiger partial charge is 0.485 e. The highest BCUT2D eigenvalue weighted by Crippen LogP contribution is 2.31. The van der Waals surface area contributed by atoms with Gasteiger partial charge < -0.3 is 18.8 Å². The van der Waals surface area contributed by atoms with Crippen LogP contribution in [0.25, 0.3) is 0 Å². The van der Waals surface area contributed by atoms with Gasteiger partial charge in [-0.2, -0.15) is 0 Å². The molecule has 4 rings (SSSR count). The fourth-order valence-electron chi connectivity index (χ4n) is 3.00. The molecule has 0 fully saturated rings. The number of hydrogen-bond donors (Lipinski definition) is 0. The molecule has 0 unspecified atom stereocenters. The topological polar surface area (TPSA) is 51.9 Å². The van der Waals surface area contributed by atoms with Crippen LogP contribution in [0.3, 0.4) is 0 Å². The van der Waals surface area contributed by atoms with Crippen molar-refractivity contribution in [3.8, 4) is 11.5 Å². The number of hydrogen-bond acceptors (Lipinski definition) is 4.